The van der Waals surface area contributed by atoms with E-state index in [0.29, 0.717) is 5.75 Å². The van der Waals surface area contributed by atoms with Crippen molar-refractivity contribution in [2.24, 2.45) is 0 Å². The molecule has 0 heterocycles. The van der Waals surface area contributed by atoms with Gasteiger partial charge < -0.3 is 15.2 Å². The minimum absolute atomic E-state index is 0.0459. The highest BCUT2D eigenvalue weighted by molar-refractivity contribution is 7.98. The molecule has 1 amide bonds. The number of amides is 1. The standard InChI is InChI=1S/C13H15NO4S/c1-9(12(15)16)7-8-14-13(17)18-10-3-5-11(19-2)6-4-10/h3-6H,1,7-8H2,2H3,(H,14,17)(H,15,16). The lowest BCUT2D eigenvalue weighted by Gasteiger charge is -2.07. The van der Waals surface area contributed by atoms with Gasteiger partial charge in [0, 0.05) is 17.0 Å². The largest absolute Gasteiger partial charge is 0.478 e. The Morgan fingerprint density at radius 2 is 2.00 bits per heavy atom. The van der Waals surface area contributed by atoms with Crippen LogP contribution in [-0.2, 0) is 4.79 Å². The molecule has 19 heavy (non-hydrogen) atoms. The van der Waals surface area contributed by atoms with Gasteiger partial charge in [0.1, 0.15) is 5.75 Å². The van der Waals surface area contributed by atoms with Gasteiger partial charge in [-0.15, -0.1) is 11.8 Å². The Bertz CT molecular complexity index is 470. The highest BCUT2D eigenvalue weighted by Gasteiger charge is 2.06. The third-order valence-electron chi connectivity index (χ3n) is 2.27. The second-order valence-electron chi connectivity index (χ2n) is 3.65. The predicted molar refractivity (Wildman–Crippen MR) is 73.6 cm³/mol. The summed E-state index contributed by atoms with van der Waals surface area (Å²) in [5.41, 5.74) is 0.0459. The van der Waals surface area contributed by atoms with Crippen LogP contribution in [-0.4, -0.2) is 30.0 Å². The molecule has 0 spiro atoms. The third-order valence-corrected chi connectivity index (χ3v) is 3.01. The predicted octanol–water partition coefficient (Wildman–Crippen LogP) is 2.53. The molecule has 0 aliphatic rings. The molecule has 0 saturated carbocycles. The molecule has 0 radical (unpaired) electrons. The summed E-state index contributed by atoms with van der Waals surface area (Å²) in [5, 5.41) is 11.0. The number of ether oxygens (including phenoxy) is 1. The molecule has 2 N–H and O–H groups in total. The van der Waals surface area contributed by atoms with Crippen molar-refractivity contribution in [2.75, 3.05) is 12.8 Å². The molecule has 0 fully saturated rings. The number of rotatable bonds is 6. The number of carboxylic acid groups (broad SMARTS) is 1. The molecule has 0 unspecified atom stereocenters. The van der Waals surface area contributed by atoms with Crippen LogP contribution in [0.4, 0.5) is 4.79 Å². The molecular weight excluding hydrogens is 266 g/mol. The Balaban J connectivity index is 2.34. The van der Waals surface area contributed by atoms with Gasteiger partial charge in [0.25, 0.3) is 0 Å². The van der Waals surface area contributed by atoms with Gasteiger partial charge in [-0.05, 0) is 36.9 Å². The Labute approximate surface area is 115 Å². The van der Waals surface area contributed by atoms with Crippen molar-refractivity contribution in [3.8, 4) is 5.75 Å². The quantitative estimate of drug-likeness (QED) is 0.619. The highest BCUT2D eigenvalue weighted by atomic mass is 32.2. The van der Waals surface area contributed by atoms with Crippen LogP contribution in [0.5, 0.6) is 5.75 Å². The van der Waals surface area contributed by atoms with Crippen molar-refractivity contribution >= 4 is 23.8 Å². The van der Waals surface area contributed by atoms with Crippen LogP contribution >= 0.6 is 11.8 Å². The summed E-state index contributed by atoms with van der Waals surface area (Å²) in [5.74, 6) is -0.629. The molecule has 1 aromatic rings. The van der Waals surface area contributed by atoms with Gasteiger partial charge in [-0.1, -0.05) is 6.58 Å². The highest BCUT2D eigenvalue weighted by Crippen LogP contribution is 2.18. The van der Waals surface area contributed by atoms with Crippen molar-refractivity contribution in [2.45, 2.75) is 11.3 Å². The number of carbonyl (C=O) groups excluding carboxylic acids is 1. The van der Waals surface area contributed by atoms with E-state index in [4.69, 9.17) is 9.84 Å². The van der Waals surface area contributed by atoms with E-state index >= 15 is 0 Å². The number of carboxylic acids is 1. The average Bonchev–Trinajstić information content (AvgIpc) is 2.39. The van der Waals surface area contributed by atoms with E-state index in [0.717, 1.165) is 4.90 Å². The maximum atomic E-state index is 11.4. The van der Waals surface area contributed by atoms with E-state index in [1.165, 1.54) is 0 Å². The van der Waals surface area contributed by atoms with Crippen molar-refractivity contribution < 1.29 is 19.4 Å². The molecule has 0 atom stereocenters. The first-order valence-corrected chi connectivity index (χ1v) is 6.76. The maximum Gasteiger partial charge on any atom is 0.412 e. The molecule has 0 saturated heterocycles. The second kappa shape index (κ2) is 7.48. The molecular formula is C13H15NO4S. The van der Waals surface area contributed by atoms with E-state index in [1.807, 2.05) is 18.4 Å². The van der Waals surface area contributed by atoms with Crippen molar-refractivity contribution in [1.82, 2.24) is 5.32 Å². The molecule has 0 aromatic heterocycles. The van der Waals surface area contributed by atoms with Crippen LogP contribution < -0.4 is 10.1 Å². The maximum absolute atomic E-state index is 11.4. The first-order chi connectivity index (χ1) is 9.02. The van der Waals surface area contributed by atoms with Crippen LogP contribution in [0.3, 0.4) is 0 Å². The lowest BCUT2D eigenvalue weighted by atomic mass is 10.2. The number of benzene rings is 1. The Hall–Kier alpha value is -1.95. The van der Waals surface area contributed by atoms with Crippen LogP contribution in [0.25, 0.3) is 0 Å². The summed E-state index contributed by atoms with van der Waals surface area (Å²) < 4.78 is 5.02. The fraction of sp³-hybridized carbons (Fsp3) is 0.231. The molecule has 0 aliphatic heterocycles. The van der Waals surface area contributed by atoms with E-state index in [-0.39, 0.29) is 18.5 Å². The monoisotopic (exact) mass is 281 g/mol. The fourth-order valence-electron chi connectivity index (χ4n) is 1.21. The minimum atomic E-state index is -1.07. The number of hydrogen-bond acceptors (Lipinski definition) is 4. The van der Waals surface area contributed by atoms with Crippen molar-refractivity contribution in [3.63, 3.8) is 0 Å². The van der Waals surface area contributed by atoms with Gasteiger partial charge in [-0.25, -0.2) is 9.59 Å². The van der Waals surface area contributed by atoms with Gasteiger partial charge in [0.05, 0.1) is 0 Å². The molecule has 0 bridgehead atoms. The SMILES string of the molecule is C=C(CCNC(=O)Oc1ccc(SC)cc1)C(=O)O. The number of carbonyl (C=O) groups is 2. The lowest BCUT2D eigenvalue weighted by molar-refractivity contribution is -0.132. The second-order valence-corrected chi connectivity index (χ2v) is 4.53. The van der Waals surface area contributed by atoms with Gasteiger partial charge in [0.2, 0.25) is 0 Å². The Morgan fingerprint density at radius 3 is 2.53 bits per heavy atom. The summed E-state index contributed by atoms with van der Waals surface area (Å²) in [6.07, 6.45) is 1.52. The minimum Gasteiger partial charge on any atom is -0.478 e. The number of thioether (sulfide) groups is 1. The van der Waals surface area contributed by atoms with Crippen LogP contribution in [0.1, 0.15) is 6.42 Å². The molecule has 5 nitrogen and oxygen atoms in total. The summed E-state index contributed by atoms with van der Waals surface area (Å²) in [7, 11) is 0. The summed E-state index contributed by atoms with van der Waals surface area (Å²) >= 11 is 1.59. The van der Waals surface area contributed by atoms with Crippen LogP contribution in [0, 0.1) is 0 Å². The van der Waals surface area contributed by atoms with Gasteiger partial charge in [-0.2, -0.15) is 0 Å². The topological polar surface area (TPSA) is 75.6 Å². The zero-order valence-electron chi connectivity index (χ0n) is 10.5. The first-order valence-electron chi connectivity index (χ1n) is 5.53. The van der Waals surface area contributed by atoms with E-state index in [9.17, 15) is 9.59 Å². The zero-order chi connectivity index (χ0) is 14.3. The van der Waals surface area contributed by atoms with Gasteiger partial charge in [0.15, 0.2) is 0 Å². The summed E-state index contributed by atoms with van der Waals surface area (Å²) in [6, 6.07) is 7.09. The van der Waals surface area contributed by atoms with Crippen molar-refractivity contribution in [1.29, 1.82) is 0 Å². The lowest BCUT2D eigenvalue weighted by Crippen LogP contribution is -2.28. The summed E-state index contributed by atoms with van der Waals surface area (Å²) in [6.45, 7) is 3.53. The zero-order valence-corrected chi connectivity index (χ0v) is 11.3. The Morgan fingerprint density at radius 1 is 1.37 bits per heavy atom. The Kier molecular flexibility index (Phi) is 5.95. The first kappa shape index (κ1) is 15.1. The fourth-order valence-corrected chi connectivity index (χ4v) is 1.62. The summed E-state index contributed by atoms with van der Waals surface area (Å²) in [4.78, 5) is 23.0. The van der Waals surface area contributed by atoms with E-state index < -0.39 is 12.1 Å². The smallest absolute Gasteiger partial charge is 0.412 e. The molecule has 1 rings (SSSR count). The van der Waals surface area contributed by atoms with Gasteiger partial charge in [-0.3, -0.25) is 0 Å². The van der Waals surface area contributed by atoms with Crippen LogP contribution in [0.2, 0.25) is 0 Å². The average molecular weight is 281 g/mol. The number of aliphatic carboxylic acids is 1. The van der Waals surface area contributed by atoms with Gasteiger partial charge >= 0.3 is 12.1 Å². The normalized spacial score (nSPS) is 9.74. The molecule has 1 aromatic carbocycles. The van der Waals surface area contributed by atoms with E-state index in [2.05, 4.69) is 11.9 Å². The molecule has 102 valence electrons. The molecule has 0 aliphatic carbocycles. The van der Waals surface area contributed by atoms with Crippen molar-refractivity contribution in [3.05, 3.63) is 36.4 Å². The van der Waals surface area contributed by atoms with Crippen LogP contribution in [0.15, 0.2) is 41.3 Å². The number of hydrogen-bond donors (Lipinski definition) is 2. The molecule has 6 heteroatoms. The third kappa shape index (κ3) is 5.48. The number of nitrogens with one attached hydrogen (secondary N) is 1. The van der Waals surface area contributed by atoms with E-state index in [1.54, 1.807) is 23.9 Å².